The molecule has 2 aromatic rings. The summed E-state index contributed by atoms with van der Waals surface area (Å²) in [4.78, 5) is 4.70. The third kappa shape index (κ3) is 2.90. The van der Waals surface area contributed by atoms with Crippen molar-refractivity contribution in [3.63, 3.8) is 0 Å². The molecule has 1 unspecified atom stereocenters. The third-order valence-corrected chi connectivity index (χ3v) is 4.01. The smallest absolute Gasteiger partial charge is 0.111 e. The zero-order chi connectivity index (χ0) is 13.8. The molecule has 0 N–H and O–H groups in total. The van der Waals surface area contributed by atoms with E-state index in [2.05, 4.69) is 24.5 Å². The largest absolute Gasteiger partial charge is 0.325 e. The number of rotatable bonds is 6. The van der Waals surface area contributed by atoms with Crippen LogP contribution in [0.5, 0.6) is 0 Å². The van der Waals surface area contributed by atoms with Gasteiger partial charge in [0.15, 0.2) is 0 Å². The van der Waals surface area contributed by atoms with Crippen molar-refractivity contribution in [2.45, 2.75) is 45.6 Å². The van der Waals surface area contributed by atoms with Crippen LogP contribution in [-0.2, 0) is 6.42 Å². The summed E-state index contributed by atoms with van der Waals surface area (Å²) in [6, 6.07) is 6.47. The predicted octanol–water partition coefficient (Wildman–Crippen LogP) is 5.22. The Kier molecular flexibility index (Phi) is 5.12. The van der Waals surface area contributed by atoms with Gasteiger partial charge in [0, 0.05) is 18.3 Å². The van der Waals surface area contributed by atoms with Gasteiger partial charge in [0.1, 0.15) is 11.3 Å². The highest BCUT2D eigenvalue weighted by Gasteiger charge is 2.18. The van der Waals surface area contributed by atoms with Gasteiger partial charge in [-0.25, -0.2) is 4.98 Å². The molecule has 0 saturated carbocycles. The first-order chi connectivity index (χ1) is 9.22. The molecule has 104 valence electrons. The fourth-order valence-corrected chi connectivity index (χ4v) is 3.03. The molecule has 4 heteroatoms. The van der Waals surface area contributed by atoms with Crippen molar-refractivity contribution < 1.29 is 0 Å². The van der Waals surface area contributed by atoms with E-state index >= 15 is 0 Å². The summed E-state index contributed by atoms with van der Waals surface area (Å²) >= 11 is 12.2. The Labute approximate surface area is 124 Å². The summed E-state index contributed by atoms with van der Waals surface area (Å²) < 4.78 is 2.34. The van der Waals surface area contributed by atoms with Crippen LogP contribution < -0.4 is 0 Å². The van der Waals surface area contributed by atoms with Gasteiger partial charge in [-0.1, -0.05) is 37.9 Å². The van der Waals surface area contributed by atoms with Crippen LogP contribution in [0.4, 0.5) is 0 Å². The van der Waals surface area contributed by atoms with Gasteiger partial charge in [-0.05, 0) is 25.0 Å². The Bertz CT molecular complexity index is 548. The molecule has 1 aromatic carbocycles. The minimum absolute atomic E-state index is 0.478. The van der Waals surface area contributed by atoms with E-state index in [1.165, 1.54) is 6.42 Å². The minimum atomic E-state index is 0.478. The second-order valence-electron chi connectivity index (χ2n) is 4.80. The molecule has 2 nitrogen and oxygen atoms in total. The number of fused-ring (bicyclic) bond motifs is 1. The van der Waals surface area contributed by atoms with Crippen LogP contribution in [0.3, 0.4) is 0 Å². The lowest BCUT2D eigenvalue weighted by Crippen LogP contribution is -2.12. The third-order valence-electron chi connectivity index (χ3n) is 3.52. The van der Waals surface area contributed by atoms with E-state index in [4.69, 9.17) is 28.2 Å². The van der Waals surface area contributed by atoms with E-state index < -0.39 is 0 Å². The number of nitrogens with zero attached hydrogens (tertiary/aromatic N) is 2. The number of imidazole rings is 1. The average Bonchev–Trinajstić information content (AvgIpc) is 2.76. The van der Waals surface area contributed by atoms with Gasteiger partial charge in [0.05, 0.1) is 10.5 Å². The van der Waals surface area contributed by atoms with Crippen molar-refractivity contribution in [2.24, 2.45) is 0 Å². The lowest BCUT2D eigenvalue weighted by atomic mass is 10.1. The molecule has 2 rings (SSSR count). The fourth-order valence-electron chi connectivity index (χ4n) is 2.65. The zero-order valence-corrected chi connectivity index (χ0v) is 13.0. The lowest BCUT2D eigenvalue weighted by molar-refractivity contribution is 0.445. The second-order valence-corrected chi connectivity index (χ2v) is 5.58. The number of hydrogen-bond donors (Lipinski definition) is 0. The molecule has 0 aliphatic heterocycles. The Morgan fingerprint density at radius 2 is 2.11 bits per heavy atom. The number of aryl methyl sites for hydroxylation is 1. The molecule has 0 fully saturated rings. The Balaban J connectivity index is 2.60. The molecule has 1 atom stereocenters. The number of alkyl halides is 1. The van der Waals surface area contributed by atoms with Gasteiger partial charge in [-0.2, -0.15) is 0 Å². The number of benzene rings is 1. The van der Waals surface area contributed by atoms with E-state index in [9.17, 15) is 0 Å². The maximum Gasteiger partial charge on any atom is 0.111 e. The fraction of sp³-hybridized carbons (Fsp3) is 0.533. The number of para-hydroxylation sites is 1. The minimum Gasteiger partial charge on any atom is -0.325 e. The van der Waals surface area contributed by atoms with Gasteiger partial charge in [-0.15, -0.1) is 11.6 Å². The van der Waals surface area contributed by atoms with Gasteiger partial charge < -0.3 is 4.57 Å². The monoisotopic (exact) mass is 298 g/mol. The predicted molar refractivity (Wildman–Crippen MR) is 83.4 cm³/mol. The van der Waals surface area contributed by atoms with Crippen LogP contribution >= 0.6 is 23.2 Å². The quantitative estimate of drug-likeness (QED) is 0.668. The topological polar surface area (TPSA) is 17.8 Å². The molecule has 0 radical (unpaired) electrons. The van der Waals surface area contributed by atoms with Crippen molar-refractivity contribution in [3.05, 3.63) is 29.0 Å². The highest BCUT2D eigenvalue weighted by atomic mass is 35.5. The molecule has 1 aromatic heterocycles. The van der Waals surface area contributed by atoms with Crippen LogP contribution in [-0.4, -0.2) is 15.4 Å². The van der Waals surface area contributed by atoms with E-state index in [1.807, 2.05) is 12.1 Å². The Hall–Kier alpha value is -0.730. The first kappa shape index (κ1) is 14.7. The molecule has 0 bridgehead atoms. The SMILES string of the molecule is CCCC(CC)n1c(CCCl)nc2c(Cl)cccc21. The van der Waals surface area contributed by atoms with E-state index in [0.29, 0.717) is 11.9 Å². The van der Waals surface area contributed by atoms with Gasteiger partial charge >= 0.3 is 0 Å². The summed E-state index contributed by atoms with van der Waals surface area (Å²) in [5.41, 5.74) is 2.03. The summed E-state index contributed by atoms with van der Waals surface area (Å²) in [5.74, 6) is 1.64. The van der Waals surface area contributed by atoms with Crippen molar-refractivity contribution in [2.75, 3.05) is 5.88 Å². The van der Waals surface area contributed by atoms with Gasteiger partial charge in [0.25, 0.3) is 0 Å². The summed E-state index contributed by atoms with van der Waals surface area (Å²) in [5, 5.41) is 0.721. The van der Waals surface area contributed by atoms with Crippen molar-refractivity contribution >= 4 is 34.2 Å². The van der Waals surface area contributed by atoms with Crippen LogP contribution in [0.15, 0.2) is 18.2 Å². The summed E-state index contributed by atoms with van der Waals surface area (Å²) in [6.07, 6.45) is 4.21. The molecule has 0 aliphatic rings. The highest BCUT2D eigenvalue weighted by molar-refractivity contribution is 6.34. The lowest BCUT2D eigenvalue weighted by Gasteiger charge is -2.19. The van der Waals surface area contributed by atoms with E-state index in [0.717, 1.165) is 41.1 Å². The summed E-state index contributed by atoms with van der Waals surface area (Å²) in [7, 11) is 0. The number of halogens is 2. The molecular weight excluding hydrogens is 279 g/mol. The standard InChI is InChI=1S/C15H20Cl2N2/c1-3-6-11(4-2)19-13-8-5-7-12(17)15(13)18-14(19)9-10-16/h5,7-8,11H,3-4,6,9-10H2,1-2H3. The van der Waals surface area contributed by atoms with Gasteiger partial charge in [-0.3, -0.25) is 0 Å². The maximum atomic E-state index is 6.26. The first-order valence-electron chi connectivity index (χ1n) is 6.94. The van der Waals surface area contributed by atoms with Crippen molar-refractivity contribution in [1.82, 2.24) is 9.55 Å². The molecule has 0 saturated heterocycles. The maximum absolute atomic E-state index is 6.26. The number of aromatic nitrogens is 2. The van der Waals surface area contributed by atoms with E-state index in [-0.39, 0.29) is 0 Å². The van der Waals surface area contributed by atoms with Crippen LogP contribution in [0.1, 0.15) is 45.0 Å². The Morgan fingerprint density at radius 3 is 2.74 bits per heavy atom. The second kappa shape index (κ2) is 6.62. The highest BCUT2D eigenvalue weighted by Crippen LogP contribution is 2.30. The molecule has 1 heterocycles. The van der Waals surface area contributed by atoms with Crippen molar-refractivity contribution in [1.29, 1.82) is 0 Å². The van der Waals surface area contributed by atoms with Crippen LogP contribution in [0.2, 0.25) is 5.02 Å². The molecule has 19 heavy (non-hydrogen) atoms. The average molecular weight is 299 g/mol. The molecule has 0 amide bonds. The van der Waals surface area contributed by atoms with E-state index in [1.54, 1.807) is 0 Å². The van der Waals surface area contributed by atoms with Crippen LogP contribution in [0.25, 0.3) is 11.0 Å². The van der Waals surface area contributed by atoms with Crippen molar-refractivity contribution in [3.8, 4) is 0 Å². The summed E-state index contributed by atoms with van der Waals surface area (Å²) in [6.45, 7) is 4.44. The molecular formula is C15H20Cl2N2. The van der Waals surface area contributed by atoms with Gasteiger partial charge in [0.2, 0.25) is 0 Å². The number of hydrogen-bond acceptors (Lipinski definition) is 1. The molecule has 0 aliphatic carbocycles. The Morgan fingerprint density at radius 1 is 1.32 bits per heavy atom. The van der Waals surface area contributed by atoms with Crippen LogP contribution in [0, 0.1) is 0 Å². The molecule has 0 spiro atoms. The normalized spacial score (nSPS) is 13.1. The first-order valence-corrected chi connectivity index (χ1v) is 7.85. The zero-order valence-electron chi connectivity index (χ0n) is 11.5.